The summed E-state index contributed by atoms with van der Waals surface area (Å²) in [7, 11) is 0. The van der Waals surface area contributed by atoms with Gasteiger partial charge in [-0.15, -0.1) is 0 Å². The van der Waals surface area contributed by atoms with Crippen molar-refractivity contribution < 1.29 is 14.0 Å². The van der Waals surface area contributed by atoms with Gasteiger partial charge >= 0.3 is 0 Å². The number of nitrogens with zero attached hydrogens (tertiary/aromatic N) is 2. The molecule has 2 aromatic carbocycles. The lowest BCUT2D eigenvalue weighted by molar-refractivity contribution is 0.0747. The number of piperazine rings is 1. The maximum atomic E-state index is 13.1. The first-order valence-corrected chi connectivity index (χ1v) is 10.1. The van der Waals surface area contributed by atoms with E-state index in [-0.39, 0.29) is 17.6 Å². The van der Waals surface area contributed by atoms with E-state index in [9.17, 15) is 14.0 Å². The molecular formula is C23H28FN3O2. The summed E-state index contributed by atoms with van der Waals surface area (Å²) in [6.07, 6.45) is 0.919. The lowest BCUT2D eigenvalue weighted by Crippen LogP contribution is -2.48. The average Bonchev–Trinajstić information content (AvgIpc) is 2.73. The second kappa shape index (κ2) is 9.54. The Morgan fingerprint density at radius 1 is 1.00 bits per heavy atom. The van der Waals surface area contributed by atoms with Crippen molar-refractivity contribution in [3.05, 3.63) is 65.5 Å². The smallest absolute Gasteiger partial charge is 0.253 e. The average molecular weight is 397 g/mol. The van der Waals surface area contributed by atoms with E-state index in [2.05, 4.69) is 24.1 Å². The molecule has 0 spiro atoms. The van der Waals surface area contributed by atoms with Crippen LogP contribution in [0.25, 0.3) is 0 Å². The highest BCUT2D eigenvalue weighted by Crippen LogP contribution is 2.18. The molecule has 1 aliphatic rings. The van der Waals surface area contributed by atoms with Gasteiger partial charge in [-0.1, -0.05) is 19.9 Å². The van der Waals surface area contributed by atoms with Gasteiger partial charge in [0.15, 0.2) is 0 Å². The van der Waals surface area contributed by atoms with Crippen LogP contribution >= 0.6 is 0 Å². The molecule has 1 N–H and O–H groups in total. The first-order chi connectivity index (χ1) is 13.9. The van der Waals surface area contributed by atoms with Gasteiger partial charge in [-0.05, 0) is 54.8 Å². The first-order valence-electron chi connectivity index (χ1n) is 10.1. The summed E-state index contributed by atoms with van der Waals surface area (Å²) >= 11 is 0. The lowest BCUT2D eigenvalue weighted by Gasteiger charge is -2.36. The van der Waals surface area contributed by atoms with Crippen molar-refractivity contribution in [2.24, 2.45) is 5.92 Å². The molecule has 1 saturated heterocycles. The van der Waals surface area contributed by atoms with Gasteiger partial charge in [0.05, 0.1) is 0 Å². The van der Waals surface area contributed by atoms with Crippen molar-refractivity contribution in [2.75, 3.05) is 37.6 Å². The van der Waals surface area contributed by atoms with Gasteiger partial charge < -0.3 is 15.1 Å². The van der Waals surface area contributed by atoms with Gasteiger partial charge in [-0.25, -0.2) is 4.39 Å². The highest BCUT2D eigenvalue weighted by atomic mass is 19.1. The Morgan fingerprint density at radius 2 is 1.66 bits per heavy atom. The van der Waals surface area contributed by atoms with Crippen LogP contribution in [0.4, 0.5) is 10.1 Å². The summed E-state index contributed by atoms with van der Waals surface area (Å²) in [6.45, 7) is 7.39. The Kier molecular flexibility index (Phi) is 6.86. The van der Waals surface area contributed by atoms with Crippen LogP contribution in [0.1, 0.15) is 41.0 Å². The molecule has 6 heteroatoms. The highest BCUT2D eigenvalue weighted by Gasteiger charge is 2.23. The van der Waals surface area contributed by atoms with E-state index in [0.29, 0.717) is 49.8 Å². The molecule has 1 aliphatic heterocycles. The molecule has 2 amide bonds. The normalized spacial score (nSPS) is 14.2. The molecule has 0 aliphatic carbocycles. The quantitative estimate of drug-likeness (QED) is 0.811. The van der Waals surface area contributed by atoms with Gasteiger partial charge in [0, 0.05) is 49.5 Å². The SMILES string of the molecule is CC(C)CCNC(=O)c1cccc(C(=O)N2CCN(c3ccc(F)cc3)CC2)c1. The highest BCUT2D eigenvalue weighted by molar-refractivity contribution is 5.99. The van der Waals surface area contributed by atoms with E-state index in [1.807, 2.05) is 0 Å². The Morgan fingerprint density at radius 3 is 2.31 bits per heavy atom. The summed E-state index contributed by atoms with van der Waals surface area (Å²) in [5, 5.41) is 2.91. The Balaban J connectivity index is 1.58. The minimum absolute atomic E-state index is 0.0689. The molecule has 1 heterocycles. The molecule has 3 rings (SSSR count). The molecule has 0 saturated carbocycles. The van der Waals surface area contributed by atoms with Gasteiger partial charge in [0.25, 0.3) is 11.8 Å². The summed E-state index contributed by atoms with van der Waals surface area (Å²) in [5.74, 6) is 0.0505. The van der Waals surface area contributed by atoms with Crippen molar-refractivity contribution in [2.45, 2.75) is 20.3 Å². The number of hydrogen-bond donors (Lipinski definition) is 1. The van der Waals surface area contributed by atoms with Crippen molar-refractivity contribution in [1.29, 1.82) is 0 Å². The van der Waals surface area contributed by atoms with Gasteiger partial charge in [-0.3, -0.25) is 9.59 Å². The van der Waals surface area contributed by atoms with Gasteiger partial charge in [-0.2, -0.15) is 0 Å². The number of carbonyl (C=O) groups excluding carboxylic acids is 2. The van der Waals surface area contributed by atoms with Crippen LogP contribution in [0.2, 0.25) is 0 Å². The molecular weight excluding hydrogens is 369 g/mol. The van der Waals surface area contributed by atoms with E-state index >= 15 is 0 Å². The van der Waals surface area contributed by atoms with Gasteiger partial charge in [0.1, 0.15) is 5.82 Å². The summed E-state index contributed by atoms with van der Waals surface area (Å²) < 4.78 is 13.1. The first kappa shape index (κ1) is 20.8. The Hall–Kier alpha value is -2.89. The van der Waals surface area contributed by atoms with Crippen molar-refractivity contribution in [3.8, 4) is 0 Å². The topological polar surface area (TPSA) is 52.7 Å². The minimum Gasteiger partial charge on any atom is -0.368 e. The number of benzene rings is 2. The monoisotopic (exact) mass is 397 g/mol. The standard InChI is InChI=1S/C23H28FN3O2/c1-17(2)10-11-25-22(28)18-4-3-5-19(16-18)23(29)27-14-12-26(13-15-27)21-8-6-20(24)7-9-21/h3-9,16-17H,10-15H2,1-2H3,(H,25,28). The molecule has 0 unspecified atom stereocenters. The molecule has 2 aromatic rings. The third-order valence-corrected chi connectivity index (χ3v) is 5.14. The third kappa shape index (κ3) is 5.56. The molecule has 0 atom stereocenters. The summed E-state index contributed by atoms with van der Waals surface area (Å²) in [4.78, 5) is 29.2. The van der Waals surface area contributed by atoms with Crippen molar-refractivity contribution >= 4 is 17.5 Å². The number of anilines is 1. The van der Waals surface area contributed by atoms with E-state index in [1.165, 1.54) is 12.1 Å². The zero-order valence-corrected chi connectivity index (χ0v) is 17.0. The van der Waals surface area contributed by atoms with Crippen LogP contribution in [0.15, 0.2) is 48.5 Å². The molecule has 29 heavy (non-hydrogen) atoms. The van der Waals surface area contributed by atoms with Crippen LogP contribution < -0.4 is 10.2 Å². The summed E-state index contributed by atoms with van der Waals surface area (Å²) in [6, 6.07) is 13.3. The maximum Gasteiger partial charge on any atom is 0.253 e. The van der Waals surface area contributed by atoms with Crippen molar-refractivity contribution in [3.63, 3.8) is 0 Å². The van der Waals surface area contributed by atoms with Crippen molar-refractivity contribution in [1.82, 2.24) is 10.2 Å². The molecule has 0 radical (unpaired) electrons. The maximum absolute atomic E-state index is 13.1. The van der Waals surface area contributed by atoms with Crippen LogP contribution in [-0.4, -0.2) is 49.4 Å². The largest absolute Gasteiger partial charge is 0.368 e. The zero-order valence-electron chi connectivity index (χ0n) is 17.0. The fourth-order valence-electron chi connectivity index (χ4n) is 3.37. The van der Waals surface area contributed by atoms with Crippen LogP contribution in [-0.2, 0) is 0 Å². The van der Waals surface area contributed by atoms with E-state index in [1.54, 1.807) is 41.3 Å². The number of rotatable bonds is 6. The third-order valence-electron chi connectivity index (χ3n) is 5.14. The number of halogens is 1. The van der Waals surface area contributed by atoms with Crippen LogP contribution in [0.5, 0.6) is 0 Å². The number of amides is 2. The number of carbonyl (C=O) groups is 2. The minimum atomic E-state index is -0.254. The molecule has 0 aromatic heterocycles. The summed E-state index contributed by atoms with van der Waals surface area (Å²) in [5.41, 5.74) is 1.99. The predicted molar refractivity (Wildman–Crippen MR) is 113 cm³/mol. The lowest BCUT2D eigenvalue weighted by atomic mass is 10.1. The second-order valence-corrected chi connectivity index (χ2v) is 7.77. The van der Waals surface area contributed by atoms with Gasteiger partial charge in [0.2, 0.25) is 0 Å². The zero-order chi connectivity index (χ0) is 20.8. The molecule has 0 bridgehead atoms. The van der Waals surface area contributed by atoms with Crippen LogP contribution in [0.3, 0.4) is 0 Å². The molecule has 5 nitrogen and oxygen atoms in total. The Bertz CT molecular complexity index is 843. The molecule has 154 valence electrons. The van der Waals surface area contributed by atoms with E-state index in [4.69, 9.17) is 0 Å². The fraction of sp³-hybridized carbons (Fsp3) is 0.391. The van der Waals surface area contributed by atoms with Crippen LogP contribution in [0, 0.1) is 11.7 Å². The fourth-order valence-corrected chi connectivity index (χ4v) is 3.37. The number of hydrogen-bond acceptors (Lipinski definition) is 3. The predicted octanol–water partition coefficient (Wildman–Crippen LogP) is 3.56. The van der Waals surface area contributed by atoms with E-state index < -0.39 is 0 Å². The van der Waals surface area contributed by atoms with E-state index in [0.717, 1.165) is 12.1 Å². The molecule has 1 fully saturated rings. The Labute approximate surface area is 171 Å². The second-order valence-electron chi connectivity index (χ2n) is 7.77. The number of nitrogens with one attached hydrogen (secondary N) is 1.